The number of para-hydroxylation sites is 1. The Morgan fingerprint density at radius 1 is 0.554 bits per heavy atom. The topological polar surface area (TPSA) is 19.4 Å². The number of hydrogen-bond acceptors (Lipinski definition) is 3. The molecule has 0 amide bonds. The molecule has 2 heterocycles. The molecule has 0 saturated carbocycles. The van der Waals surface area contributed by atoms with Gasteiger partial charge in [0.1, 0.15) is 0 Å². The Bertz CT molecular complexity index is 2670. The van der Waals surface area contributed by atoms with Gasteiger partial charge in [-0.25, -0.2) is 0 Å². The first-order valence-corrected chi connectivity index (χ1v) is 19.8. The zero-order valence-electron chi connectivity index (χ0n) is 32.4. The van der Waals surface area contributed by atoms with Gasteiger partial charge in [-0.2, -0.15) is 0 Å². The highest BCUT2D eigenvalue weighted by Gasteiger charge is 2.42. The van der Waals surface area contributed by atoms with Crippen molar-refractivity contribution in [3.05, 3.63) is 210 Å². The number of nitrogens with zero attached hydrogens (tertiary/aromatic N) is 3. The van der Waals surface area contributed by atoms with E-state index in [2.05, 4.69) is 207 Å². The number of hydrogen-bond donors (Lipinski definition) is 0. The summed E-state index contributed by atoms with van der Waals surface area (Å²) in [5, 5.41) is 0. The Balaban J connectivity index is 1.12. The van der Waals surface area contributed by atoms with Crippen LogP contribution in [-0.4, -0.2) is 11.0 Å². The van der Waals surface area contributed by atoms with Crippen molar-refractivity contribution in [1.29, 1.82) is 0 Å². The maximum Gasteiger partial charge on any atom is 0.0702 e. The zero-order chi connectivity index (χ0) is 38.0. The molecule has 3 nitrogen and oxygen atoms in total. The lowest BCUT2D eigenvalue weighted by Crippen LogP contribution is -2.40. The maximum atomic E-state index is 4.71. The number of rotatable bonds is 6. The highest BCUT2D eigenvalue weighted by molar-refractivity contribution is 5.85. The molecule has 1 unspecified atom stereocenters. The van der Waals surface area contributed by atoms with Crippen LogP contribution in [0.5, 0.6) is 0 Å². The van der Waals surface area contributed by atoms with E-state index in [1.165, 1.54) is 67.3 Å². The van der Waals surface area contributed by atoms with Crippen molar-refractivity contribution in [3.8, 4) is 33.5 Å². The van der Waals surface area contributed by atoms with Gasteiger partial charge in [-0.05, 0) is 118 Å². The molecule has 0 fully saturated rings. The maximum absolute atomic E-state index is 4.71. The van der Waals surface area contributed by atoms with Crippen molar-refractivity contribution in [2.45, 2.75) is 51.0 Å². The first-order valence-electron chi connectivity index (χ1n) is 19.8. The lowest BCUT2D eigenvalue weighted by Gasteiger charge is -2.47. The van der Waals surface area contributed by atoms with Crippen LogP contribution in [0.3, 0.4) is 0 Å². The summed E-state index contributed by atoms with van der Waals surface area (Å²) in [6, 6.07) is 59.9. The molecule has 10 rings (SSSR count). The predicted molar refractivity (Wildman–Crippen MR) is 234 cm³/mol. The quantitative estimate of drug-likeness (QED) is 0.170. The SMILES string of the molecule is CC1(C)C2=C(C=CC(N(c3ccccc3)c3ccc4c(c3)C(C)(C)c3ccccc3-4)C2)N(c2cccc(-c3ccccn3)c2)c2ccc(-c3ccccc3)cc21. The van der Waals surface area contributed by atoms with Crippen LogP contribution in [0.2, 0.25) is 0 Å². The van der Waals surface area contributed by atoms with Crippen molar-refractivity contribution in [3.63, 3.8) is 0 Å². The van der Waals surface area contributed by atoms with Gasteiger partial charge in [0.15, 0.2) is 0 Å². The molecule has 0 spiro atoms. The van der Waals surface area contributed by atoms with Crippen molar-refractivity contribution in [1.82, 2.24) is 4.98 Å². The van der Waals surface area contributed by atoms with Crippen LogP contribution in [0.4, 0.5) is 22.7 Å². The summed E-state index contributed by atoms with van der Waals surface area (Å²) in [5.74, 6) is 0. The minimum absolute atomic E-state index is 0.0851. The van der Waals surface area contributed by atoms with E-state index < -0.39 is 0 Å². The summed E-state index contributed by atoms with van der Waals surface area (Å²) in [7, 11) is 0. The Hall–Kier alpha value is -6.45. The van der Waals surface area contributed by atoms with Gasteiger partial charge in [0.05, 0.1) is 17.4 Å². The van der Waals surface area contributed by atoms with Crippen LogP contribution >= 0.6 is 0 Å². The minimum Gasteiger partial charge on any atom is -0.334 e. The van der Waals surface area contributed by atoms with Crippen LogP contribution in [0.25, 0.3) is 33.5 Å². The number of anilines is 4. The molecule has 1 aliphatic heterocycles. The summed E-state index contributed by atoms with van der Waals surface area (Å²) < 4.78 is 0. The first kappa shape index (κ1) is 34.1. The molecule has 2 aliphatic carbocycles. The molecule has 7 aromatic rings. The molecule has 3 heteroatoms. The molecular formula is C53H45N3. The zero-order valence-corrected chi connectivity index (χ0v) is 32.4. The van der Waals surface area contributed by atoms with Gasteiger partial charge in [-0.3, -0.25) is 4.98 Å². The smallest absolute Gasteiger partial charge is 0.0702 e. The third kappa shape index (κ3) is 5.45. The second-order valence-electron chi connectivity index (χ2n) is 16.4. The average molecular weight is 724 g/mol. The molecule has 3 aliphatic rings. The summed E-state index contributed by atoms with van der Waals surface area (Å²) in [6.45, 7) is 9.59. The molecule has 0 bridgehead atoms. The van der Waals surface area contributed by atoms with Gasteiger partial charge < -0.3 is 9.80 Å². The largest absolute Gasteiger partial charge is 0.334 e. The summed E-state index contributed by atoms with van der Waals surface area (Å²) in [5.41, 5.74) is 18.5. The van der Waals surface area contributed by atoms with Gasteiger partial charge >= 0.3 is 0 Å². The van der Waals surface area contributed by atoms with Crippen molar-refractivity contribution in [2.75, 3.05) is 9.80 Å². The Morgan fingerprint density at radius 3 is 2.09 bits per heavy atom. The molecule has 1 aromatic heterocycles. The Kier molecular flexibility index (Phi) is 7.97. The van der Waals surface area contributed by atoms with E-state index in [-0.39, 0.29) is 16.9 Å². The van der Waals surface area contributed by atoms with Crippen molar-refractivity contribution < 1.29 is 0 Å². The average Bonchev–Trinajstić information content (AvgIpc) is 3.47. The first-order chi connectivity index (χ1) is 27.3. The highest BCUT2D eigenvalue weighted by Crippen LogP contribution is 2.54. The molecule has 56 heavy (non-hydrogen) atoms. The molecular weight excluding hydrogens is 679 g/mol. The second kappa shape index (κ2) is 13.1. The van der Waals surface area contributed by atoms with Gasteiger partial charge in [-0.1, -0.05) is 137 Å². The Morgan fingerprint density at radius 2 is 1.29 bits per heavy atom. The van der Waals surface area contributed by atoms with E-state index in [0.29, 0.717) is 0 Å². The number of allylic oxidation sites excluding steroid dienone is 1. The summed E-state index contributed by atoms with van der Waals surface area (Å²) >= 11 is 0. The minimum atomic E-state index is -0.239. The fourth-order valence-corrected chi connectivity index (χ4v) is 9.56. The predicted octanol–water partition coefficient (Wildman–Crippen LogP) is 13.6. The van der Waals surface area contributed by atoms with E-state index in [1.807, 2.05) is 12.3 Å². The van der Waals surface area contributed by atoms with E-state index in [4.69, 9.17) is 4.98 Å². The van der Waals surface area contributed by atoms with Gasteiger partial charge in [0.25, 0.3) is 0 Å². The molecule has 272 valence electrons. The molecule has 1 atom stereocenters. The molecule has 0 N–H and O–H groups in total. The second-order valence-corrected chi connectivity index (χ2v) is 16.4. The number of aromatic nitrogens is 1. The van der Waals surface area contributed by atoms with Gasteiger partial charge in [-0.15, -0.1) is 0 Å². The van der Waals surface area contributed by atoms with Crippen LogP contribution < -0.4 is 9.80 Å². The van der Waals surface area contributed by atoms with Gasteiger partial charge in [0, 0.05) is 45.3 Å². The van der Waals surface area contributed by atoms with Crippen LogP contribution in [0.15, 0.2) is 193 Å². The van der Waals surface area contributed by atoms with E-state index in [1.54, 1.807) is 0 Å². The molecule has 6 aromatic carbocycles. The highest BCUT2D eigenvalue weighted by atomic mass is 15.2. The van der Waals surface area contributed by atoms with Gasteiger partial charge in [0.2, 0.25) is 0 Å². The van der Waals surface area contributed by atoms with E-state index in [0.717, 1.165) is 23.4 Å². The van der Waals surface area contributed by atoms with Crippen LogP contribution in [0.1, 0.15) is 50.8 Å². The number of benzene rings is 6. The van der Waals surface area contributed by atoms with Crippen LogP contribution in [-0.2, 0) is 10.8 Å². The summed E-state index contributed by atoms with van der Waals surface area (Å²) in [4.78, 5) is 9.77. The lowest BCUT2D eigenvalue weighted by molar-refractivity contribution is 0.550. The monoisotopic (exact) mass is 723 g/mol. The summed E-state index contributed by atoms with van der Waals surface area (Å²) in [6.07, 6.45) is 7.58. The number of fused-ring (bicyclic) bond motifs is 4. The molecule has 0 radical (unpaired) electrons. The lowest BCUT2D eigenvalue weighted by atomic mass is 9.69. The fraction of sp³-hybridized carbons (Fsp3) is 0.151. The van der Waals surface area contributed by atoms with Crippen molar-refractivity contribution >= 4 is 22.7 Å². The van der Waals surface area contributed by atoms with Crippen molar-refractivity contribution in [2.24, 2.45) is 0 Å². The van der Waals surface area contributed by atoms with E-state index in [9.17, 15) is 0 Å². The normalized spacial score (nSPS) is 17.1. The van der Waals surface area contributed by atoms with Crippen LogP contribution in [0, 0.1) is 0 Å². The van der Waals surface area contributed by atoms with E-state index >= 15 is 0 Å². The fourth-order valence-electron chi connectivity index (χ4n) is 9.56. The standard InChI is InChI=1S/C53H45N3/c1-52(2)45-23-12-11-22-43(45)44-28-26-41(34-46(44)52)55(39-19-9-6-10-20-39)42-27-30-51-48(35-42)53(3,4)47-33-37(36-16-7-5-8-17-36)25-29-50(47)56(51)40-21-15-18-38(32-40)49-24-13-14-31-54-49/h5-34,42H,35H2,1-4H3. The Labute approximate surface area is 330 Å². The third-order valence-corrected chi connectivity index (χ3v) is 12.5. The third-order valence-electron chi connectivity index (χ3n) is 12.5. The molecule has 0 saturated heterocycles. The number of pyridine rings is 1.